The summed E-state index contributed by atoms with van der Waals surface area (Å²) in [5, 5.41) is 9.61. The normalized spacial score (nSPS) is 10.9. The second kappa shape index (κ2) is 5.46. The number of ether oxygens (including phenoxy) is 1. The Morgan fingerprint density at radius 3 is 2.82 bits per heavy atom. The van der Waals surface area contributed by atoms with E-state index in [-0.39, 0.29) is 5.69 Å². The first kappa shape index (κ1) is 14.6. The van der Waals surface area contributed by atoms with Gasteiger partial charge in [0, 0.05) is 16.2 Å². The van der Waals surface area contributed by atoms with Crippen LogP contribution < -0.4 is 4.74 Å². The number of fused-ring (bicyclic) bond motifs is 1. The highest BCUT2D eigenvalue weighted by Gasteiger charge is 2.21. The third-order valence-electron chi connectivity index (χ3n) is 3.42. The zero-order valence-corrected chi connectivity index (χ0v) is 13.6. The van der Waals surface area contributed by atoms with E-state index in [1.165, 1.54) is 0 Å². The van der Waals surface area contributed by atoms with E-state index in [4.69, 9.17) is 4.74 Å². The van der Waals surface area contributed by atoms with Gasteiger partial charge < -0.3 is 9.84 Å². The molecule has 0 aliphatic carbocycles. The van der Waals surface area contributed by atoms with Crippen molar-refractivity contribution in [1.82, 2.24) is 9.38 Å². The lowest BCUT2D eigenvalue weighted by molar-refractivity contribution is 0.0690. The van der Waals surface area contributed by atoms with E-state index in [9.17, 15) is 9.90 Å². The monoisotopic (exact) mass is 360 g/mol. The number of carbonyl (C=O) groups is 1. The minimum Gasteiger partial charge on any atom is -0.497 e. The molecule has 0 atom stereocenters. The number of carboxylic acid groups (broad SMARTS) is 1. The number of aromatic nitrogens is 2. The van der Waals surface area contributed by atoms with E-state index in [2.05, 4.69) is 20.9 Å². The average molecular weight is 361 g/mol. The molecule has 22 heavy (non-hydrogen) atoms. The first-order valence-electron chi connectivity index (χ1n) is 6.57. The molecule has 0 saturated heterocycles. The van der Waals surface area contributed by atoms with Gasteiger partial charge in [-0.3, -0.25) is 4.40 Å². The molecule has 0 fully saturated rings. The lowest BCUT2D eigenvalue weighted by Gasteiger charge is -2.04. The van der Waals surface area contributed by atoms with Crippen molar-refractivity contribution in [2.24, 2.45) is 0 Å². The zero-order valence-electron chi connectivity index (χ0n) is 12.0. The van der Waals surface area contributed by atoms with Crippen LogP contribution in [-0.2, 0) is 0 Å². The van der Waals surface area contributed by atoms with E-state index >= 15 is 0 Å². The molecule has 2 aromatic heterocycles. The number of pyridine rings is 1. The molecule has 0 amide bonds. The maximum Gasteiger partial charge on any atom is 0.355 e. The van der Waals surface area contributed by atoms with Crippen LogP contribution in [0.3, 0.4) is 0 Å². The third-order valence-corrected chi connectivity index (χ3v) is 3.85. The van der Waals surface area contributed by atoms with Crippen LogP contribution in [0.4, 0.5) is 0 Å². The molecule has 1 aromatic carbocycles. The second-order valence-electron chi connectivity index (χ2n) is 4.88. The Hall–Kier alpha value is -2.34. The molecule has 0 aliphatic heterocycles. The lowest BCUT2D eigenvalue weighted by Crippen LogP contribution is -2.04. The zero-order chi connectivity index (χ0) is 15.9. The van der Waals surface area contributed by atoms with E-state index in [0.717, 1.165) is 10.0 Å². The summed E-state index contributed by atoms with van der Waals surface area (Å²) in [7, 11) is 1.57. The summed E-state index contributed by atoms with van der Waals surface area (Å²) in [6.45, 7) is 1.90. The van der Waals surface area contributed by atoms with Gasteiger partial charge in [-0.15, -0.1) is 0 Å². The quantitative estimate of drug-likeness (QED) is 0.771. The lowest BCUT2D eigenvalue weighted by atomic mass is 10.1. The number of aromatic carboxylic acids is 1. The SMILES string of the molecule is COc1cccc(-c2nc3c(C)cc(Br)cn3c2C(=O)O)c1. The van der Waals surface area contributed by atoms with Crippen LogP contribution in [0.15, 0.2) is 41.0 Å². The van der Waals surface area contributed by atoms with Crippen LogP contribution >= 0.6 is 15.9 Å². The van der Waals surface area contributed by atoms with Gasteiger partial charge in [0.15, 0.2) is 5.69 Å². The van der Waals surface area contributed by atoms with Crippen LogP contribution in [-0.4, -0.2) is 27.6 Å². The summed E-state index contributed by atoms with van der Waals surface area (Å²) in [6, 6.07) is 9.12. The van der Waals surface area contributed by atoms with Crippen molar-refractivity contribution in [1.29, 1.82) is 0 Å². The summed E-state index contributed by atoms with van der Waals surface area (Å²) in [6.07, 6.45) is 1.71. The van der Waals surface area contributed by atoms with Gasteiger partial charge in [-0.1, -0.05) is 12.1 Å². The van der Waals surface area contributed by atoms with Gasteiger partial charge in [0.2, 0.25) is 0 Å². The molecular formula is C16H13BrN2O3. The summed E-state index contributed by atoms with van der Waals surface area (Å²) < 4.78 is 7.60. The molecule has 5 nitrogen and oxygen atoms in total. The molecule has 1 N–H and O–H groups in total. The smallest absolute Gasteiger partial charge is 0.355 e. The van der Waals surface area contributed by atoms with Gasteiger partial charge in [0.1, 0.15) is 17.1 Å². The summed E-state index contributed by atoms with van der Waals surface area (Å²) >= 11 is 3.39. The standard InChI is InChI=1S/C16H13BrN2O3/c1-9-6-11(17)8-19-14(16(20)21)13(18-15(9)19)10-4-3-5-12(7-10)22-2/h3-8H,1-2H3,(H,20,21). The molecule has 112 valence electrons. The number of imidazole rings is 1. The number of methoxy groups -OCH3 is 1. The van der Waals surface area contributed by atoms with E-state index in [1.54, 1.807) is 23.8 Å². The van der Waals surface area contributed by atoms with E-state index in [0.29, 0.717) is 22.7 Å². The maximum atomic E-state index is 11.7. The van der Waals surface area contributed by atoms with Crippen LogP contribution in [0, 0.1) is 6.92 Å². The molecule has 0 unspecified atom stereocenters. The number of rotatable bonds is 3. The molecule has 0 radical (unpaired) electrons. The Morgan fingerprint density at radius 1 is 1.36 bits per heavy atom. The number of hydrogen-bond acceptors (Lipinski definition) is 3. The van der Waals surface area contributed by atoms with Gasteiger partial charge in [-0.05, 0) is 46.6 Å². The largest absolute Gasteiger partial charge is 0.497 e. The maximum absolute atomic E-state index is 11.7. The summed E-state index contributed by atoms with van der Waals surface area (Å²) in [5.74, 6) is -0.369. The number of halogens is 1. The molecule has 0 bridgehead atoms. The van der Waals surface area contributed by atoms with Gasteiger partial charge >= 0.3 is 5.97 Å². The Balaban J connectivity index is 2.35. The minimum absolute atomic E-state index is 0.132. The van der Waals surface area contributed by atoms with Gasteiger partial charge in [0.25, 0.3) is 0 Å². The van der Waals surface area contributed by atoms with Crippen molar-refractivity contribution < 1.29 is 14.6 Å². The Kier molecular flexibility index (Phi) is 3.62. The van der Waals surface area contributed by atoms with E-state index in [1.807, 2.05) is 31.2 Å². The molecule has 3 rings (SSSR count). The fraction of sp³-hybridized carbons (Fsp3) is 0.125. The number of nitrogens with zero attached hydrogens (tertiary/aromatic N) is 2. The molecule has 0 saturated carbocycles. The summed E-state index contributed by atoms with van der Waals surface area (Å²) in [5.41, 5.74) is 2.78. The van der Waals surface area contributed by atoms with Crippen LogP contribution in [0.25, 0.3) is 16.9 Å². The first-order chi connectivity index (χ1) is 10.5. The van der Waals surface area contributed by atoms with Crippen molar-refractivity contribution in [3.8, 4) is 17.0 Å². The Morgan fingerprint density at radius 2 is 2.14 bits per heavy atom. The third kappa shape index (κ3) is 2.35. The predicted octanol–water partition coefficient (Wildman–Crippen LogP) is 3.78. The average Bonchev–Trinajstić information content (AvgIpc) is 2.87. The molecule has 6 heteroatoms. The van der Waals surface area contributed by atoms with Crippen molar-refractivity contribution in [3.05, 3.63) is 52.3 Å². The first-order valence-corrected chi connectivity index (χ1v) is 7.36. The van der Waals surface area contributed by atoms with Crippen LogP contribution in [0.1, 0.15) is 16.1 Å². The second-order valence-corrected chi connectivity index (χ2v) is 5.80. The molecule has 2 heterocycles. The molecular weight excluding hydrogens is 348 g/mol. The van der Waals surface area contributed by atoms with Crippen molar-refractivity contribution in [3.63, 3.8) is 0 Å². The van der Waals surface area contributed by atoms with Crippen molar-refractivity contribution in [2.75, 3.05) is 7.11 Å². The Labute approximate surface area is 135 Å². The number of aryl methyl sites for hydroxylation is 1. The van der Waals surface area contributed by atoms with Gasteiger partial charge in [-0.25, -0.2) is 9.78 Å². The summed E-state index contributed by atoms with van der Waals surface area (Å²) in [4.78, 5) is 16.3. The highest BCUT2D eigenvalue weighted by Crippen LogP contribution is 2.29. The Bertz CT molecular complexity index is 886. The number of hydrogen-bond donors (Lipinski definition) is 1. The number of carboxylic acids is 1. The van der Waals surface area contributed by atoms with Gasteiger partial charge in [-0.2, -0.15) is 0 Å². The van der Waals surface area contributed by atoms with E-state index < -0.39 is 5.97 Å². The number of benzene rings is 1. The highest BCUT2D eigenvalue weighted by atomic mass is 79.9. The predicted molar refractivity (Wildman–Crippen MR) is 86.6 cm³/mol. The van der Waals surface area contributed by atoms with Crippen LogP contribution in [0.5, 0.6) is 5.75 Å². The molecule has 3 aromatic rings. The van der Waals surface area contributed by atoms with Crippen molar-refractivity contribution >= 4 is 27.5 Å². The van der Waals surface area contributed by atoms with Crippen LogP contribution in [0.2, 0.25) is 0 Å². The topological polar surface area (TPSA) is 63.8 Å². The van der Waals surface area contributed by atoms with Crippen molar-refractivity contribution in [2.45, 2.75) is 6.92 Å². The molecule has 0 aliphatic rings. The minimum atomic E-state index is -1.03. The highest BCUT2D eigenvalue weighted by molar-refractivity contribution is 9.10. The molecule has 0 spiro atoms. The fourth-order valence-corrected chi connectivity index (χ4v) is 2.99. The van der Waals surface area contributed by atoms with Gasteiger partial charge in [0.05, 0.1) is 7.11 Å². The fourth-order valence-electron chi connectivity index (χ4n) is 2.44.